The highest BCUT2D eigenvalue weighted by Gasteiger charge is 2.15. The van der Waals surface area contributed by atoms with Crippen LogP contribution in [0.3, 0.4) is 0 Å². The van der Waals surface area contributed by atoms with Gasteiger partial charge >= 0.3 is 5.69 Å². The van der Waals surface area contributed by atoms with Gasteiger partial charge in [-0.05, 0) is 23.8 Å². The number of allylic oxidation sites excluding steroid dienone is 2. The Labute approximate surface area is 152 Å². The number of hydrogen-bond donors (Lipinski definition) is 0. The first-order valence-corrected chi connectivity index (χ1v) is 8.42. The van der Waals surface area contributed by atoms with Gasteiger partial charge in [0.1, 0.15) is 5.82 Å². The summed E-state index contributed by atoms with van der Waals surface area (Å²) in [7, 11) is 4.84. The molecule has 128 valence electrons. The Morgan fingerprint density at radius 3 is 2.44 bits per heavy atom. The third kappa shape index (κ3) is 3.15. The molecule has 0 spiro atoms. The molecule has 25 heavy (non-hydrogen) atoms. The second kappa shape index (κ2) is 6.68. The molecule has 1 aromatic carbocycles. The molecule has 3 rings (SSSR count). The molecule has 0 saturated carbocycles. The average molecular weight is 401 g/mol. The highest BCUT2D eigenvalue weighted by atomic mass is 79.9. The first-order valence-electron chi connectivity index (χ1n) is 7.63. The number of benzene rings is 1. The van der Waals surface area contributed by atoms with Gasteiger partial charge in [0.05, 0.1) is 0 Å². The van der Waals surface area contributed by atoms with Crippen molar-refractivity contribution in [1.29, 1.82) is 0 Å². The maximum Gasteiger partial charge on any atom is 0.332 e. The van der Waals surface area contributed by atoms with E-state index in [0.29, 0.717) is 17.0 Å². The van der Waals surface area contributed by atoms with Crippen LogP contribution in [0, 0.1) is 0 Å². The lowest BCUT2D eigenvalue weighted by Gasteiger charge is -2.02. The van der Waals surface area contributed by atoms with E-state index in [-0.39, 0.29) is 11.2 Å². The number of aromatic nitrogens is 4. The summed E-state index contributed by atoms with van der Waals surface area (Å²) in [6.07, 6.45) is 7.53. The molecule has 3 aromatic rings. The summed E-state index contributed by atoms with van der Waals surface area (Å²) >= 11 is 3.44. The zero-order valence-electron chi connectivity index (χ0n) is 14.1. The Bertz CT molecular complexity index is 1130. The largest absolute Gasteiger partial charge is 0.332 e. The van der Waals surface area contributed by atoms with Gasteiger partial charge in [0, 0.05) is 25.6 Å². The van der Waals surface area contributed by atoms with Crippen LogP contribution in [0.15, 0.2) is 50.5 Å². The standard InChI is InChI=1S/C18H17BrN4O2/c1-21-14(10-5-4-7-12-8-6-9-13(19)11-12)20-16-15(21)17(24)23(3)18(25)22(16)2/h4-11H,1-3H3/b7-4+,10-5+. The summed E-state index contributed by atoms with van der Waals surface area (Å²) in [5.41, 5.74) is 1.12. The van der Waals surface area contributed by atoms with Crippen molar-refractivity contribution in [2.75, 3.05) is 0 Å². The molecular formula is C18H17BrN4O2. The molecule has 0 aliphatic carbocycles. The summed E-state index contributed by atoms with van der Waals surface area (Å²) in [5, 5.41) is 0. The number of hydrogen-bond acceptors (Lipinski definition) is 3. The molecule has 0 N–H and O–H groups in total. The third-order valence-electron chi connectivity index (χ3n) is 4.00. The van der Waals surface area contributed by atoms with Gasteiger partial charge in [0.2, 0.25) is 0 Å². The van der Waals surface area contributed by atoms with E-state index in [0.717, 1.165) is 14.6 Å². The maximum absolute atomic E-state index is 12.3. The van der Waals surface area contributed by atoms with Crippen LogP contribution in [-0.2, 0) is 21.1 Å². The second-order valence-electron chi connectivity index (χ2n) is 5.68. The number of halogens is 1. The lowest BCUT2D eigenvalue weighted by molar-refractivity contribution is 0.705. The van der Waals surface area contributed by atoms with Crippen molar-refractivity contribution in [3.63, 3.8) is 0 Å². The van der Waals surface area contributed by atoms with Crippen LogP contribution in [0.4, 0.5) is 0 Å². The molecule has 0 fully saturated rings. The fourth-order valence-corrected chi connectivity index (χ4v) is 3.02. The predicted molar refractivity (Wildman–Crippen MR) is 103 cm³/mol. The zero-order valence-corrected chi connectivity index (χ0v) is 15.7. The van der Waals surface area contributed by atoms with Gasteiger partial charge in [-0.1, -0.05) is 46.3 Å². The lowest BCUT2D eigenvalue weighted by Crippen LogP contribution is -2.37. The van der Waals surface area contributed by atoms with Crippen LogP contribution < -0.4 is 11.2 Å². The summed E-state index contributed by atoms with van der Waals surface area (Å²) in [4.78, 5) is 28.8. The average Bonchev–Trinajstić information content (AvgIpc) is 2.92. The zero-order chi connectivity index (χ0) is 18.1. The summed E-state index contributed by atoms with van der Waals surface area (Å²) < 4.78 is 5.18. The number of rotatable bonds is 3. The smallest absolute Gasteiger partial charge is 0.322 e. The van der Waals surface area contributed by atoms with Crippen LogP contribution in [-0.4, -0.2) is 18.7 Å². The number of aryl methyl sites for hydroxylation is 2. The van der Waals surface area contributed by atoms with E-state index in [1.165, 1.54) is 11.6 Å². The van der Waals surface area contributed by atoms with Crippen LogP contribution in [0.25, 0.3) is 23.3 Å². The molecule has 0 saturated heterocycles. The topological polar surface area (TPSA) is 61.8 Å². The van der Waals surface area contributed by atoms with Crippen molar-refractivity contribution < 1.29 is 0 Å². The summed E-state index contributed by atoms with van der Waals surface area (Å²) in [6.45, 7) is 0. The molecule has 2 heterocycles. The lowest BCUT2D eigenvalue weighted by atomic mass is 10.2. The fraction of sp³-hybridized carbons (Fsp3) is 0.167. The molecule has 6 nitrogen and oxygen atoms in total. The molecule has 0 atom stereocenters. The first-order chi connectivity index (χ1) is 11.9. The van der Waals surface area contributed by atoms with E-state index in [1.54, 1.807) is 24.7 Å². The Morgan fingerprint density at radius 2 is 1.72 bits per heavy atom. The molecule has 0 bridgehead atoms. The molecular weight excluding hydrogens is 384 g/mol. The SMILES string of the molecule is Cn1c(=O)c2c(nc(/C=C/C=C/c3cccc(Br)c3)n2C)n(C)c1=O. The maximum atomic E-state index is 12.3. The van der Waals surface area contributed by atoms with Gasteiger partial charge in [-0.15, -0.1) is 0 Å². The van der Waals surface area contributed by atoms with E-state index < -0.39 is 0 Å². The van der Waals surface area contributed by atoms with Crippen LogP contribution in [0.2, 0.25) is 0 Å². The van der Waals surface area contributed by atoms with Gasteiger partial charge in [-0.3, -0.25) is 13.9 Å². The number of imidazole rings is 1. The highest BCUT2D eigenvalue weighted by molar-refractivity contribution is 9.10. The normalized spacial score (nSPS) is 12.0. The minimum atomic E-state index is -0.388. The second-order valence-corrected chi connectivity index (χ2v) is 6.60. The van der Waals surface area contributed by atoms with Crippen LogP contribution >= 0.6 is 15.9 Å². The van der Waals surface area contributed by atoms with Gasteiger partial charge in [0.25, 0.3) is 5.56 Å². The van der Waals surface area contributed by atoms with E-state index in [1.807, 2.05) is 42.5 Å². The molecule has 0 amide bonds. The Kier molecular flexibility index (Phi) is 4.59. The Hall–Kier alpha value is -2.67. The van der Waals surface area contributed by atoms with Gasteiger partial charge in [-0.25, -0.2) is 9.78 Å². The minimum absolute atomic E-state index is 0.350. The fourth-order valence-electron chi connectivity index (χ4n) is 2.60. The third-order valence-corrected chi connectivity index (χ3v) is 4.50. The molecule has 0 aliphatic heterocycles. The predicted octanol–water partition coefficient (Wildman–Crippen LogP) is 2.46. The molecule has 0 radical (unpaired) electrons. The van der Waals surface area contributed by atoms with Crippen molar-refractivity contribution in [3.8, 4) is 0 Å². The highest BCUT2D eigenvalue weighted by Crippen LogP contribution is 2.13. The van der Waals surface area contributed by atoms with Gasteiger partial charge in [0.15, 0.2) is 11.2 Å². The van der Waals surface area contributed by atoms with E-state index in [9.17, 15) is 9.59 Å². The van der Waals surface area contributed by atoms with Crippen molar-refractivity contribution in [2.45, 2.75) is 0 Å². The van der Waals surface area contributed by atoms with E-state index >= 15 is 0 Å². The van der Waals surface area contributed by atoms with Crippen LogP contribution in [0.5, 0.6) is 0 Å². The van der Waals surface area contributed by atoms with Crippen molar-refractivity contribution in [2.24, 2.45) is 21.1 Å². The van der Waals surface area contributed by atoms with E-state index in [4.69, 9.17) is 0 Å². The van der Waals surface area contributed by atoms with Crippen LogP contribution in [0.1, 0.15) is 11.4 Å². The van der Waals surface area contributed by atoms with Crippen molar-refractivity contribution in [1.82, 2.24) is 18.7 Å². The molecule has 7 heteroatoms. The van der Waals surface area contributed by atoms with E-state index in [2.05, 4.69) is 20.9 Å². The molecule has 0 aliphatic rings. The van der Waals surface area contributed by atoms with Gasteiger partial charge in [-0.2, -0.15) is 0 Å². The molecule has 2 aromatic heterocycles. The number of fused-ring (bicyclic) bond motifs is 1. The number of nitrogens with zero attached hydrogens (tertiary/aromatic N) is 4. The Balaban J connectivity index is 1.99. The Morgan fingerprint density at radius 1 is 1.00 bits per heavy atom. The van der Waals surface area contributed by atoms with Gasteiger partial charge < -0.3 is 4.57 Å². The molecule has 0 unspecified atom stereocenters. The minimum Gasteiger partial charge on any atom is -0.322 e. The van der Waals surface area contributed by atoms with Crippen molar-refractivity contribution in [3.05, 3.63) is 73.1 Å². The quantitative estimate of drug-likeness (QED) is 0.634. The monoisotopic (exact) mass is 400 g/mol. The summed E-state index contributed by atoms with van der Waals surface area (Å²) in [5.74, 6) is 0.604. The van der Waals surface area contributed by atoms with Crippen molar-refractivity contribution >= 4 is 39.2 Å². The first kappa shape index (κ1) is 17.2. The summed E-state index contributed by atoms with van der Waals surface area (Å²) in [6, 6.07) is 7.95.